The lowest BCUT2D eigenvalue weighted by Gasteiger charge is -2.33. The fourth-order valence-electron chi connectivity index (χ4n) is 2.60. The molecular formula is C15H22Cl2N2O. The lowest BCUT2D eigenvalue weighted by Crippen LogP contribution is -2.41. The Morgan fingerprint density at radius 1 is 1.30 bits per heavy atom. The quantitative estimate of drug-likeness (QED) is 0.904. The molecule has 1 aliphatic heterocycles. The molecule has 0 aliphatic carbocycles. The number of para-hydroxylation sites is 1. The third kappa shape index (κ3) is 4.26. The van der Waals surface area contributed by atoms with Crippen LogP contribution in [0.15, 0.2) is 18.2 Å². The van der Waals surface area contributed by atoms with E-state index in [1.54, 1.807) is 12.1 Å². The molecule has 1 unspecified atom stereocenters. The normalized spacial score (nSPS) is 19.0. The Labute approximate surface area is 131 Å². The highest BCUT2D eigenvalue weighted by molar-refractivity contribution is 6.37. The Morgan fingerprint density at radius 3 is 2.45 bits per heavy atom. The second-order valence-corrected chi connectivity index (χ2v) is 6.25. The molecule has 1 heterocycles. The van der Waals surface area contributed by atoms with Gasteiger partial charge in [-0.15, -0.1) is 0 Å². The number of piperidine rings is 1. The van der Waals surface area contributed by atoms with Crippen LogP contribution in [0, 0.1) is 5.92 Å². The summed E-state index contributed by atoms with van der Waals surface area (Å²) in [6, 6.07) is 5.69. The Kier molecular flexibility index (Phi) is 5.97. The first-order valence-corrected chi connectivity index (χ1v) is 7.88. The minimum atomic E-state index is 0.301. The third-order valence-electron chi connectivity index (χ3n) is 3.95. The molecule has 1 aliphatic rings. The number of rotatable bonds is 5. The molecule has 0 bridgehead atoms. The van der Waals surface area contributed by atoms with Crippen molar-refractivity contribution in [3.05, 3.63) is 28.2 Å². The number of ether oxygens (including phenoxy) is 1. The minimum Gasteiger partial charge on any atom is -0.489 e. The topological polar surface area (TPSA) is 38.5 Å². The van der Waals surface area contributed by atoms with Crippen LogP contribution in [-0.4, -0.2) is 37.2 Å². The molecule has 1 fully saturated rings. The van der Waals surface area contributed by atoms with Gasteiger partial charge in [0.25, 0.3) is 0 Å². The molecule has 0 spiro atoms. The number of likely N-dealkylation sites (tertiary alicyclic amines) is 1. The summed E-state index contributed by atoms with van der Waals surface area (Å²) in [4.78, 5) is 2.41. The van der Waals surface area contributed by atoms with E-state index in [1.807, 2.05) is 6.07 Å². The van der Waals surface area contributed by atoms with Gasteiger partial charge in [-0.3, -0.25) is 4.90 Å². The summed E-state index contributed by atoms with van der Waals surface area (Å²) in [7, 11) is 0. The molecule has 1 atom stereocenters. The van der Waals surface area contributed by atoms with Crippen LogP contribution in [-0.2, 0) is 0 Å². The molecule has 0 radical (unpaired) electrons. The van der Waals surface area contributed by atoms with Crippen molar-refractivity contribution >= 4 is 23.2 Å². The van der Waals surface area contributed by atoms with Gasteiger partial charge < -0.3 is 10.5 Å². The van der Waals surface area contributed by atoms with Crippen molar-refractivity contribution in [1.82, 2.24) is 4.90 Å². The molecule has 2 N–H and O–H groups in total. The number of hydrogen-bond acceptors (Lipinski definition) is 3. The van der Waals surface area contributed by atoms with E-state index in [-0.39, 0.29) is 0 Å². The van der Waals surface area contributed by atoms with E-state index in [0.717, 1.165) is 19.6 Å². The van der Waals surface area contributed by atoms with Crippen LogP contribution in [0.3, 0.4) is 0 Å². The summed E-state index contributed by atoms with van der Waals surface area (Å²) >= 11 is 12.1. The van der Waals surface area contributed by atoms with E-state index in [2.05, 4.69) is 11.8 Å². The van der Waals surface area contributed by atoms with E-state index in [1.165, 1.54) is 12.8 Å². The summed E-state index contributed by atoms with van der Waals surface area (Å²) < 4.78 is 5.71. The predicted octanol–water partition coefficient (Wildman–Crippen LogP) is 3.43. The molecule has 1 saturated heterocycles. The van der Waals surface area contributed by atoms with E-state index >= 15 is 0 Å². The molecule has 1 aromatic carbocycles. The van der Waals surface area contributed by atoms with Crippen LogP contribution in [0.1, 0.15) is 19.8 Å². The molecule has 1 aromatic rings. The largest absolute Gasteiger partial charge is 0.489 e. The molecule has 0 aromatic heterocycles. The molecule has 2 rings (SSSR count). The molecule has 20 heavy (non-hydrogen) atoms. The summed E-state index contributed by atoms with van der Waals surface area (Å²) in [5.74, 6) is 1.24. The van der Waals surface area contributed by atoms with E-state index in [0.29, 0.717) is 34.4 Å². The maximum atomic E-state index is 6.07. The number of halogens is 2. The Bertz CT molecular complexity index is 412. The molecule has 0 amide bonds. The summed E-state index contributed by atoms with van der Waals surface area (Å²) in [6.07, 6.45) is 2.34. The molecular weight excluding hydrogens is 295 g/mol. The van der Waals surface area contributed by atoms with Gasteiger partial charge >= 0.3 is 0 Å². The van der Waals surface area contributed by atoms with Gasteiger partial charge in [0.1, 0.15) is 6.61 Å². The standard InChI is InChI=1S/C15H22Cl2N2O/c1-11(18)12-5-7-19(8-6-12)9-10-20-15-13(16)3-2-4-14(15)17/h2-4,11-12H,5-10,18H2,1H3. The highest BCUT2D eigenvalue weighted by Crippen LogP contribution is 2.32. The maximum absolute atomic E-state index is 6.07. The van der Waals surface area contributed by atoms with Crippen LogP contribution < -0.4 is 10.5 Å². The average molecular weight is 317 g/mol. The summed E-state index contributed by atoms with van der Waals surface area (Å²) in [6.45, 7) is 5.78. The number of benzene rings is 1. The first kappa shape index (κ1) is 15.9. The van der Waals surface area contributed by atoms with Gasteiger partial charge in [0.05, 0.1) is 10.0 Å². The van der Waals surface area contributed by atoms with Crippen LogP contribution in [0.25, 0.3) is 0 Å². The zero-order valence-electron chi connectivity index (χ0n) is 11.8. The maximum Gasteiger partial charge on any atom is 0.156 e. The highest BCUT2D eigenvalue weighted by atomic mass is 35.5. The fraction of sp³-hybridized carbons (Fsp3) is 0.600. The van der Waals surface area contributed by atoms with Crippen molar-refractivity contribution in [2.45, 2.75) is 25.8 Å². The Balaban J connectivity index is 1.74. The third-order valence-corrected chi connectivity index (χ3v) is 4.54. The number of hydrogen-bond donors (Lipinski definition) is 1. The van der Waals surface area contributed by atoms with Crippen molar-refractivity contribution in [3.63, 3.8) is 0 Å². The van der Waals surface area contributed by atoms with Gasteiger partial charge in [-0.25, -0.2) is 0 Å². The van der Waals surface area contributed by atoms with Crippen molar-refractivity contribution < 1.29 is 4.74 Å². The van der Waals surface area contributed by atoms with E-state index in [4.69, 9.17) is 33.7 Å². The smallest absolute Gasteiger partial charge is 0.156 e. The molecule has 0 saturated carbocycles. The minimum absolute atomic E-state index is 0.301. The molecule has 5 heteroatoms. The molecule has 112 valence electrons. The average Bonchev–Trinajstić information content (AvgIpc) is 2.42. The Morgan fingerprint density at radius 2 is 1.90 bits per heavy atom. The first-order chi connectivity index (χ1) is 9.58. The first-order valence-electron chi connectivity index (χ1n) is 7.12. The predicted molar refractivity (Wildman–Crippen MR) is 84.8 cm³/mol. The van der Waals surface area contributed by atoms with Crippen molar-refractivity contribution in [1.29, 1.82) is 0 Å². The Hall–Kier alpha value is -0.480. The fourth-order valence-corrected chi connectivity index (χ4v) is 3.11. The van der Waals surface area contributed by atoms with Gasteiger partial charge in [0, 0.05) is 12.6 Å². The summed E-state index contributed by atoms with van der Waals surface area (Å²) in [5.41, 5.74) is 5.95. The molecule has 3 nitrogen and oxygen atoms in total. The lowest BCUT2D eigenvalue weighted by atomic mass is 9.91. The van der Waals surface area contributed by atoms with Crippen molar-refractivity contribution in [2.75, 3.05) is 26.2 Å². The van der Waals surface area contributed by atoms with Crippen LogP contribution in [0.5, 0.6) is 5.75 Å². The van der Waals surface area contributed by atoms with Gasteiger partial charge in [-0.1, -0.05) is 29.3 Å². The monoisotopic (exact) mass is 316 g/mol. The number of nitrogens with zero attached hydrogens (tertiary/aromatic N) is 1. The summed E-state index contributed by atoms with van der Waals surface area (Å²) in [5, 5.41) is 1.13. The second kappa shape index (κ2) is 7.51. The van der Waals surface area contributed by atoms with Crippen molar-refractivity contribution in [3.8, 4) is 5.75 Å². The SMILES string of the molecule is CC(N)C1CCN(CCOc2c(Cl)cccc2Cl)CC1. The zero-order chi connectivity index (χ0) is 14.5. The highest BCUT2D eigenvalue weighted by Gasteiger charge is 2.21. The van der Waals surface area contributed by atoms with E-state index in [9.17, 15) is 0 Å². The van der Waals surface area contributed by atoms with Gasteiger partial charge in [0.15, 0.2) is 5.75 Å². The van der Waals surface area contributed by atoms with Gasteiger partial charge in [-0.2, -0.15) is 0 Å². The lowest BCUT2D eigenvalue weighted by molar-refractivity contribution is 0.147. The van der Waals surface area contributed by atoms with Crippen LogP contribution in [0.2, 0.25) is 10.0 Å². The van der Waals surface area contributed by atoms with Gasteiger partial charge in [0.2, 0.25) is 0 Å². The zero-order valence-corrected chi connectivity index (χ0v) is 13.3. The van der Waals surface area contributed by atoms with Gasteiger partial charge in [-0.05, 0) is 50.9 Å². The second-order valence-electron chi connectivity index (χ2n) is 5.44. The van der Waals surface area contributed by atoms with Crippen molar-refractivity contribution in [2.24, 2.45) is 11.7 Å². The van der Waals surface area contributed by atoms with Crippen LogP contribution in [0.4, 0.5) is 0 Å². The van der Waals surface area contributed by atoms with E-state index < -0.39 is 0 Å². The van der Waals surface area contributed by atoms with Crippen LogP contribution >= 0.6 is 23.2 Å². The number of nitrogens with two attached hydrogens (primary N) is 1.